The smallest absolute Gasteiger partial charge is 0.244 e. The Morgan fingerprint density at radius 3 is 2.83 bits per heavy atom. The number of carbonyl (C=O) groups excluding carboxylic acids is 1. The minimum Gasteiger partial charge on any atom is -0.346 e. The van der Waals surface area contributed by atoms with Crippen molar-refractivity contribution in [3.63, 3.8) is 0 Å². The molecule has 1 amide bonds. The molecule has 1 aliphatic heterocycles. The minimum atomic E-state index is -3.04. The highest BCUT2D eigenvalue weighted by Gasteiger charge is 2.39. The number of benzene rings is 1. The van der Waals surface area contributed by atoms with Crippen molar-refractivity contribution in [2.24, 2.45) is 0 Å². The van der Waals surface area contributed by atoms with Gasteiger partial charge in [0.05, 0.1) is 22.6 Å². The molecule has 3 rings (SSSR count). The maximum absolute atomic E-state index is 12.1. The molecule has 2 aromatic rings. The first-order chi connectivity index (χ1) is 10.9. The fourth-order valence-electron chi connectivity index (χ4n) is 2.88. The summed E-state index contributed by atoms with van der Waals surface area (Å²) < 4.78 is 23.2. The fraction of sp³-hybridized carbons (Fsp3) is 0.294. The second-order valence-corrected chi connectivity index (χ2v) is 8.33. The second kappa shape index (κ2) is 5.77. The summed E-state index contributed by atoms with van der Waals surface area (Å²) in [6.07, 6.45) is 5.30. The third-order valence-electron chi connectivity index (χ3n) is 4.01. The van der Waals surface area contributed by atoms with Crippen molar-refractivity contribution in [3.8, 4) is 0 Å². The third-order valence-corrected chi connectivity index (χ3v) is 5.91. The van der Waals surface area contributed by atoms with Gasteiger partial charge in [0, 0.05) is 23.2 Å². The number of carbonyl (C=O) groups is 1. The summed E-state index contributed by atoms with van der Waals surface area (Å²) in [4.78, 5) is 16.4. The van der Waals surface area contributed by atoms with Crippen molar-refractivity contribution in [2.75, 3.05) is 11.5 Å². The molecule has 1 fully saturated rings. The summed E-state index contributed by atoms with van der Waals surface area (Å²) in [5, 5.41) is 3.81. The van der Waals surface area contributed by atoms with Crippen molar-refractivity contribution in [1.82, 2.24) is 10.3 Å². The molecule has 1 aromatic heterocycles. The van der Waals surface area contributed by atoms with E-state index in [1.807, 2.05) is 30.3 Å². The number of pyridine rings is 1. The first kappa shape index (κ1) is 15.7. The number of hydrogen-bond donors (Lipinski definition) is 1. The number of aromatic nitrogens is 1. The van der Waals surface area contributed by atoms with Gasteiger partial charge < -0.3 is 5.32 Å². The minimum absolute atomic E-state index is 0.00456. The average Bonchev–Trinajstić information content (AvgIpc) is 2.78. The molecule has 0 bridgehead atoms. The Morgan fingerprint density at radius 1 is 1.30 bits per heavy atom. The number of hydrogen-bond acceptors (Lipinski definition) is 4. The number of fused-ring (bicyclic) bond motifs is 1. The zero-order valence-corrected chi connectivity index (χ0v) is 13.6. The van der Waals surface area contributed by atoms with Crippen LogP contribution in [0.25, 0.3) is 17.0 Å². The predicted octanol–water partition coefficient (Wildman–Crippen LogP) is 1.94. The number of nitrogens with one attached hydrogen (secondary N) is 1. The molecule has 0 radical (unpaired) electrons. The van der Waals surface area contributed by atoms with E-state index < -0.39 is 15.4 Å². The molecule has 0 aliphatic carbocycles. The van der Waals surface area contributed by atoms with Gasteiger partial charge in [0.15, 0.2) is 9.84 Å². The Bertz CT molecular complexity index is 884. The summed E-state index contributed by atoms with van der Waals surface area (Å²) in [6.45, 7) is 1.77. The van der Waals surface area contributed by atoms with Crippen LogP contribution < -0.4 is 5.32 Å². The van der Waals surface area contributed by atoms with Gasteiger partial charge >= 0.3 is 0 Å². The quantitative estimate of drug-likeness (QED) is 0.873. The van der Waals surface area contributed by atoms with E-state index in [2.05, 4.69) is 10.3 Å². The Hall–Kier alpha value is -2.21. The van der Waals surface area contributed by atoms with Gasteiger partial charge in [-0.25, -0.2) is 8.42 Å². The molecular formula is C17H18N2O3S. The standard InChI is InChI=1S/C17H18N2O3S/c1-17(9-11-23(21,22)12-17)19-15(20)8-7-14-5-2-4-13-6-3-10-18-16(13)14/h2-8,10H,9,11-12H2,1H3,(H,19,20)/b8-7+. The van der Waals surface area contributed by atoms with Crippen LogP contribution in [0.2, 0.25) is 0 Å². The molecule has 1 aromatic carbocycles. The van der Waals surface area contributed by atoms with Crippen LogP contribution in [0, 0.1) is 0 Å². The van der Waals surface area contributed by atoms with Gasteiger partial charge in [0.1, 0.15) is 0 Å². The van der Waals surface area contributed by atoms with E-state index in [1.165, 1.54) is 6.08 Å². The number of para-hydroxylation sites is 1. The first-order valence-electron chi connectivity index (χ1n) is 7.41. The van der Waals surface area contributed by atoms with Gasteiger partial charge in [-0.1, -0.05) is 24.3 Å². The van der Waals surface area contributed by atoms with Gasteiger partial charge in [0.2, 0.25) is 5.91 Å². The van der Waals surface area contributed by atoms with Crippen LogP contribution in [0.3, 0.4) is 0 Å². The van der Waals surface area contributed by atoms with Crippen molar-refractivity contribution >= 4 is 32.7 Å². The van der Waals surface area contributed by atoms with Crippen LogP contribution in [-0.2, 0) is 14.6 Å². The van der Waals surface area contributed by atoms with Crippen molar-refractivity contribution < 1.29 is 13.2 Å². The highest BCUT2D eigenvalue weighted by Crippen LogP contribution is 2.23. The lowest BCUT2D eigenvalue weighted by atomic mass is 10.0. The SMILES string of the molecule is CC1(NC(=O)/C=C/c2cccc3cccnc23)CCS(=O)(=O)C1. The molecule has 0 saturated carbocycles. The number of amides is 1. The summed E-state index contributed by atoms with van der Waals surface area (Å²) >= 11 is 0. The Kier molecular flexibility index (Phi) is 3.93. The molecule has 5 nitrogen and oxygen atoms in total. The van der Waals surface area contributed by atoms with E-state index in [4.69, 9.17) is 0 Å². The maximum Gasteiger partial charge on any atom is 0.244 e. The molecule has 0 spiro atoms. The number of sulfone groups is 1. The van der Waals surface area contributed by atoms with E-state index in [-0.39, 0.29) is 17.4 Å². The lowest BCUT2D eigenvalue weighted by Crippen LogP contribution is -2.46. The Morgan fingerprint density at radius 2 is 2.09 bits per heavy atom. The van der Waals surface area contributed by atoms with Crippen LogP contribution in [0.4, 0.5) is 0 Å². The highest BCUT2D eigenvalue weighted by atomic mass is 32.2. The Balaban J connectivity index is 1.76. The normalized spacial score (nSPS) is 23.3. The molecule has 1 atom stereocenters. The Labute approximate surface area is 135 Å². The van der Waals surface area contributed by atoms with E-state index in [9.17, 15) is 13.2 Å². The molecule has 1 saturated heterocycles. The van der Waals surface area contributed by atoms with Crippen LogP contribution >= 0.6 is 0 Å². The van der Waals surface area contributed by atoms with Crippen LogP contribution in [-0.4, -0.2) is 36.4 Å². The van der Waals surface area contributed by atoms with Gasteiger partial charge in [-0.15, -0.1) is 0 Å². The zero-order valence-electron chi connectivity index (χ0n) is 12.8. The van der Waals surface area contributed by atoms with Crippen LogP contribution in [0.15, 0.2) is 42.6 Å². The van der Waals surface area contributed by atoms with E-state index in [0.717, 1.165) is 16.5 Å². The van der Waals surface area contributed by atoms with Crippen molar-refractivity contribution in [3.05, 3.63) is 48.2 Å². The van der Waals surface area contributed by atoms with E-state index in [1.54, 1.807) is 19.2 Å². The van der Waals surface area contributed by atoms with Crippen molar-refractivity contribution in [1.29, 1.82) is 0 Å². The zero-order chi connectivity index (χ0) is 16.5. The number of nitrogens with zero attached hydrogens (tertiary/aromatic N) is 1. The summed E-state index contributed by atoms with van der Waals surface area (Å²) in [5.41, 5.74) is 0.994. The van der Waals surface area contributed by atoms with E-state index in [0.29, 0.717) is 6.42 Å². The average molecular weight is 330 g/mol. The molecule has 1 aliphatic rings. The molecular weight excluding hydrogens is 312 g/mol. The third kappa shape index (κ3) is 3.59. The first-order valence-corrected chi connectivity index (χ1v) is 9.24. The van der Waals surface area contributed by atoms with E-state index >= 15 is 0 Å². The monoisotopic (exact) mass is 330 g/mol. The highest BCUT2D eigenvalue weighted by molar-refractivity contribution is 7.91. The van der Waals surface area contributed by atoms with Crippen LogP contribution in [0.5, 0.6) is 0 Å². The van der Waals surface area contributed by atoms with Gasteiger partial charge in [0.25, 0.3) is 0 Å². The molecule has 6 heteroatoms. The molecule has 23 heavy (non-hydrogen) atoms. The summed E-state index contributed by atoms with van der Waals surface area (Å²) in [5.74, 6) is -0.173. The second-order valence-electron chi connectivity index (χ2n) is 6.15. The molecule has 2 heterocycles. The van der Waals surface area contributed by atoms with Gasteiger partial charge in [-0.05, 0) is 25.5 Å². The summed E-state index contributed by atoms with van der Waals surface area (Å²) in [6, 6.07) is 9.59. The van der Waals surface area contributed by atoms with Gasteiger partial charge in [-0.3, -0.25) is 9.78 Å². The predicted molar refractivity (Wildman–Crippen MR) is 90.6 cm³/mol. The van der Waals surface area contributed by atoms with Gasteiger partial charge in [-0.2, -0.15) is 0 Å². The topological polar surface area (TPSA) is 76.1 Å². The summed E-state index contributed by atoms with van der Waals surface area (Å²) in [7, 11) is -3.04. The van der Waals surface area contributed by atoms with Crippen molar-refractivity contribution in [2.45, 2.75) is 18.9 Å². The fourth-order valence-corrected chi connectivity index (χ4v) is 4.97. The maximum atomic E-state index is 12.1. The largest absolute Gasteiger partial charge is 0.346 e. The van der Waals surface area contributed by atoms with Crippen LogP contribution in [0.1, 0.15) is 18.9 Å². The molecule has 1 N–H and O–H groups in total. The lowest BCUT2D eigenvalue weighted by Gasteiger charge is -2.22. The lowest BCUT2D eigenvalue weighted by molar-refractivity contribution is -0.117. The number of rotatable bonds is 3. The molecule has 1 unspecified atom stereocenters. The molecule has 120 valence electrons.